The second kappa shape index (κ2) is 8.99. The van der Waals surface area contributed by atoms with Gasteiger partial charge in [0, 0.05) is 16.7 Å². The minimum Gasteiger partial charge on any atom is -0.492 e. The Morgan fingerprint density at radius 2 is 1.44 bits per heavy atom. The molecule has 1 atom stereocenters. The first-order chi connectivity index (χ1) is 17.6. The van der Waals surface area contributed by atoms with Crippen LogP contribution < -0.4 is 28.4 Å². The second-order valence-electron chi connectivity index (χ2n) is 9.10. The van der Waals surface area contributed by atoms with E-state index in [1.807, 2.05) is 30.3 Å². The Kier molecular flexibility index (Phi) is 5.64. The molecule has 0 aromatic heterocycles. The van der Waals surface area contributed by atoms with E-state index in [-0.39, 0.29) is 19.7 Å². The molecule has 0 radical (unpaired) electrons. The minimum absolute atomic E-state index is 0.128. The molecule has 3 aromatic carbocycles. The summed E-state index contributed by atoms with van der Waals surface area (Å²) in [6.45, 7) is 5.00. The lowest BCUT2D eigenvalue weighted by molar-refractivity contribution is 0.0632. The van der Waals surface area contributed by atoms with Gasteiger partial charge < -0.3 is 33.2 Å². The van der Waals surface area contributed by atoms with Crippen molar-refractivity contribution < 1.29 is 33.2 Å². The molecular weight excluding hydrogens is 460 g/mol. The maximum atomic E-state index is 6.65. The molecule has 0 N–H and O–H groups in total. The van der Waals surface area contributed by atoms with Gasteiger partial charge in [-0.3, -0.25) is 0 Å². The van der Waals surface area contributed by atoms with Gasteiger partial charge in [0.2, 0.25) is 25.1 Å². The van der Waals surface area contributed by atoms with E-state index in [9.17, 15) is 0 Å². The van der Waals surface area contributed by atoms with E-state index in [4.69, 9.17) is 33.2 Å². The van der Waals surface area contributed by atoms with Crippen LogP contribution in [-0.2, 0) is 17.8 Å². The molecule has 3 aromatic rings. The van der Waals surface area contributed by atoms with Gasteiger partial charge in [-0.1, -0.05) is 35.9 Å². The summed E-state index contributed by atoms with van der Waals surface area (Å²) in [4.78, 5) is 0. The lowest BCUT2D eigenvalue weighted by atomic mass is 9.82. The predicted octanol–water partition coefficient (Wildman–Crippen LogP) is 5.98. The lowest BCUT2D eigenvalue weighted by Gasteiger charge is -2.30. The number of methoxy groups -OCH3 is 2. The lowest BCUT2D eigenvalue weighted by Crippen LogP contribution is -2.14. The van der Waals surface area contributed by atoms with Crippen LogP contribution in [0.4, 0.5) is 0 Å². The zero-order chi connectivity index (χ0) is 24.8. The zero-order valence-corrected chi connectivity index (χ0v) is 20.8. The number of hydrogen-bond acceptors (Lipinski definition) is 7. The molecule has 3 aliphatic rings. The Bertz CT molecular complexity index is 1360. The van der Waals surface area contributed by atoms with Crippen molar-refractivity contribution in [1.29, 1.82) is 0 Å². The smallest absolute Gasteiger partial charge is 0.231 e. The summed E-state index contributed by atoms with van der Waals surface area (Å²) in [6.07, 6.45) is 0.350. The van der Waals surface area contributed by atoms with Gasteiger partial charge in [0.25, 0.3) is 0 Å². The van der Waals surface area contributed by atoms with E-state index in [1.54, 1.807) is 14.2 Å². The highest BCUT2D eigenvalue weighted by molar-refractivity contribution is 5.89. The van der Waals surface area contributed by atoms with Gasteiger partial charge in [-0.05, 0) is 49.1 Å². The van der Waals surface area contributed by atoms with Crippen molar-refractivity contribution in [3.05, 3.63) is 70.3 Å². The molecule has 2 heterocycles. The summed E-state index contributed by atoms with van der Waals surface area (Å²) in [5.41, 5.74) is 7.13. The SMILES string of the molecule is COc1c2c(cc3c1-c1c(cc4c(c1OC)OCO4)[C@@H](OCc1ccccc1)/C(C)=C(/C)C3)OCO2. The number of hydrogen-bond donors (Lipinski definition) is 0. The maximum Gasteiger partial charge on any atom is 0.231 e. The van der Waals surface area contributed by atoms with E-state index in [0.29, 0.717) is 47.5 Å². The van der Waals surface area contributed by atoms with Crippen LogP contribution in [0.15, 0.2) is 53.6 Å². The topological polar surface area (TPSA) is 64.6 Å². The quantitative estimate of drug-likeness (QED) is 0.410. The maximum absolute atomic E-state index is 6.65. The van der Waals surface area contributed by atoms with Crippen molar-refractivity contribution in [1.82, 2.24) is 0 Å². The van der Waals surface area contributed by atoms with Gasteiger partial charge in [-0.25, -0.2) is 0 Å². The second-order valence-corrected chi connectivity index (χ2v) is 9.10. The first-order valence-electron chi connectivity index (χ1n) is 11.9. The van der Waals surface area contributed by atoms with Crippen LogP contribution in [0, 0.1) is 0 Å². The number of fused-ring (bicyclic) bond motifs is 5. The van der Waals surface area contributed by atoms with Gasteiger partial charge in [0.05, 0.1) is 20.8 Å². The zero-order valence-electron chi connectivity index (χ0n) is 20.8. The van der Waals surface area contributed by atoms with Crippen LogP contribution in [0.2, 0.25) is 0 Å². The number of ether oxygens (including phenoxy) is 7. The van der Waals surface area contributed by atoms with E-state index in [0.717, 1.165) is 33.4 Å². The Labute approximate surface area is 210 Å². The fraction of sp³-hybridized carbons (Fsp3) is 0.310. The summed E-state index contributed by atoms with van der Waals surface area (Å²) in [5, 5.41) is 0. The summed E-state index contributed by atoms with van der Waals surface area (Å²) in [5.74, 6) is 3.65. The summed E-state index contributed by atoms with van der Waals surface area (Å²) in [6, 6.07) is 14.2. The molecule has 1 aliphatic carbocycles. The Hall–Kier alpha value is -3.84. The molecule has 186 valence electrons. The molecule has 7 nitrogen and oxygen atoms in total. The van der Waals surface area contributed by atoms with E-state index >= 15 is 0 Å². The highest BCUT2D eigenvalue weighted by Crippen LogP contribution is 2.58. The number of allylic oxidation sites excluding steroid dienone is 1. The molecule has 7 heteroatoms. The van der Waals surface area contributed by atoms with Crippen molar-refractivity contribution in [2.45, 2.75) is 33.0 Å². The number of benzene rings is 3. The molecule has 0 fully saturated rings. The van der Waals surface area contributed by atoms with Gasteiger partial charge in [-0.2, -0.15) is 0 Å². The standard InChI is InChI=1S/C29H28O7/c1-16-10-19-11-21-26(35-14-33-21)28(30-3)23(19)24-20(12-22-27(29(24)31-4)36-15-34-22)25(17(16)2)32-13-18-8-6-5-7-9-18/h5-9,11-12,25H,10,13-15H2,1-4H3/b17-16-/t25-/m0/s1. The summed E-state index contributed by atoms with van der Waals surface area (Å²) in [7, 11) is 3.29. The first-order valence-corrected chi connectivity index (χ1v) is 11.9. The molecule has 0 unspecified atom stereocenters. The fourth-order valence-electron chi connectivity index (χ4n) is 5.21. The normalized spacial score (nSPS) is 19.3. The van der Waals surface area contributed by atoms with E-state index in [1.165, 1.54) is 5.57 Å². The van der Waals surface area contributed by atoms with Crippen molar-refractivity contribution in [3.8, 4) is 45.6 Å². The van der Waals surface area contributed by atoms with Crippen LogP contribution in [0.5, 0.6) is 34.5 Å². The fourth-order valence-corrected chi connectivity index (χ4v) is 5.21. The van der Waals surface area contributed by atoms with Crippen molar-refractivity contribution in [3.63, 3.8) is 0 Å². The highest BCUT2D eigenvalue weighted by Gasteiger charge is 2.37. The van der Waals surface area contributed by atoms with Crippen LogP contribution in [0.1, 0.15) is 36.6 Å². The van der Waals surface area contributed by atoms with Crippen LogP contribution in [0.25, 0.3) is 11.1 Å². The third-order valence-corrected chi connectivity index (χ3v) is 7.07. The monoisotopic (exact) mass is 488 g/mol. The molecule has 0 saturated heterocycles. The first kappa shape index (κ1) is 22.6. The molecule has 36 heavy (non-hydrogen) atoms. The Morgan fingerprint density at radius 1 is 0.806 bits per heavy atom. The van der Waals surface area contributed by atoms with Crippen LogP contribution in [-0.4, -0.2) is 27.8 Å². The van der Waals surface area contributed by atoms with E-state index in [2.05, 4.69) is 26.0 Å². The van der Waals surface area contributed by atoms with Gasteiger partial charge in [-0.15, -0.1) is 0 Å². The Balaban J connectivity index is 1.63. The summed E-state index contributed by atoms with van der Waals surface area (Å²) < 4.78 is 41.9. The van der Waals surface area contributed by atoms with Crippen molar-refractivity contribution >= 4 is 0 Å². The van der Waals surface area contributed by atoms with Crippen molar-refractivity contribution in [2.24, 2.45) is 0 Å². The third-order valence-electron chi connectivity index (χ3n) is 7.07. The minimum atomic E-state index is -0.341. The average Bonchev–Trinajstić information content (AvgIpc) is 3.56. The molecule has 0 amide bonds. The van der Waals surface area contributed by atoms with Gasteiger partial charge >= 0.3 is 0 Å². The largest absolute Gasteiger partial charge is 0.492 e. The average molecular weight is 489 g/mol. The molecular formula is C29H28O7. The predicted molar refractivity (Wildman–Crippen MR) is 133 cm³/mol. The molecule has 0 spiro atoms. The summed E-state index contributed by atoms with van der Waals surface area (Å²) >= 11 is 0. The van der Waals surface area contributed by atoms with Crippen molar-refractivity contribution in [2.75, 3.05) is 27.8 Å². The molecule has 2 aliphatic heterocycles. The van der Waals surface area contributed by atoms with Gasteiger partial charge in [0.15, 0.2) is 23.0 Å². The van der Waals surface area contributed by atoms with Crippen LogP contribution >= 0.6 is 0 Å². The Morgan fingerprint density at radius 3 is 2.11 bits per heavy atom. The molecule has 0 bridgehead atoms. The number of rotatable bonds is 5. The highest BCUT2D eigenvalue weighted by atomic mass is 16.7. The van der Waals surface area contributed by atoms with Crippen LogP contribution in [0.3, 0.4) is 0 Å². The third kappa shape index (κ3) is 3.54. The molecule has 0 saturated carbocycles. The van der Waals surface area contributed by atoms with E-state index < -0.39 is 0 Å². The molecule has 6 rings (SSSR count). The van der Waals surface area contributed by atoms with Gasteiger partial charge in [0.1, 0.15) is 6.10 Å².